The Morgan fingerprint density at radius 2 is 0.580 bits per heavy atom. The zero-order valence-corrected chi connectivity index (χ0v) is 47.0. The quantitative estimate of drug-likeness (QED) is 0.0359. The van der Waals surface area contributed by atoms with Crippen molar-refractivity contribution < 1.29 is 16.5 Å². The summed E-state index contributed by atoms with van der Waals surface area (Å²) < 4.78 is 0. The van der Waals surface area contributed by atoms with Crippen molar-refractivity contribution in [3.8, 4) is 0 Å². The zero-order chi connectivity index (χ0) is 48.3. The summed E-state index contributed by atoms with van der Waals surface area (Å²) >= 11 is 0. The van der Waals surface area contributed by atoms with Crippen LogP contribution in [0.5, 0.6) is 0 Å². The van der Waals surface area contributed by atoms with Crippen LogP contribution < -0.4 is 0 Å². The second kappa shape index (κ2) is 52.1. The maximum atomic E-state index is 5.01. The summed E-state index contributed by atoms with van der Waals surface area (Å²) in [5.41, 5.74) is 5.56. The minimum atomic E-state index is 0. The molecule has 69 heavy (non-hydrogen) atoms. The van der Waals surface area contributed by atoms with Crippen molar-refractivity contribution in [2.45, 2.75) is 310 Å². The van der Waals surface area contributed by atoms with Gasteiger partial charge in [0, 0.05) is 22.7 Å². The van der Waals surface area contributed by atoms with Gasteiger partial charge in [-0.1, -0.05) is 320 Å². The Morgan fingerprint density at radius 3 is 0.870 bits per heavy atom. The number of benzene rings is 2. The molecular formula is C66H112N2Ni. The van der Waals surface area contributed by atoms with Crippen LogP contribution in [0.4, 0.5) is 11.4 Å². The van der Waals surface area contributed by atoms with Crippen molar-refractivity contribution in [3.05, 3.63) is 71.8 Å². The van der Waals surface area contributed by atoms with Gasteiger partial charge in [-0.25, -0.2) is 0 Å². The first-order valence-electron chi connectivity index (χ1n) is 30.4. The summed E-state index contributed by atoms with van der Waals surface area (Å²) in [5.74, 6) is 0. The maximum Gasteiger partial charge on any atom is 0.0634 e. The summed E-state index contributed by atoms with van der Waals surface area (Å²) in [5, 5.41) is 0. The van der Waals surface area contributed by atoms with E-state index in [1.54, 1.807) is 0 Å². The average Bonchev–Trinajstić information content (AvgIpc) is 3.36. The summed E-state index contributed by atoms with van der Waals surface area (Å²) in [7, 11) is 0. The van der Waals surface area contributed by atoms with Crippen molar-refractivity contribution in [1.82, 2.24) is 0 Å². The number of hydrogen-bond acceptors (Lipinski definition) is 2. The smallest absolute Gasteiger partial charge is 0.0634 e. The topological polar surface area (TPSA) is 24.7 Å². The second-order valence-corrected chi connectivity index (χ2v) is 21.0. The Labute approximate surface area is 441 Å². The molecule has 0 atom stereocenters. The Bertz CT molecular complexity index is 1450. The molecule has 0 amide bonds. The minimum Gasteiger partial charge on any atom is -0.255 e. The molecule has 0 aliphatic carbocycles. The van der Waals surface area contributed by atoms with E-state index in [0.29, 0.717) is 0 Å². The fourth-order valence-electron chi connectivity index (χ4n) is 9.63. The van der Waals surface area contributed by atoms with E-state index in [1.807, 2.05) is 6.21 Å². The fraction of sp³-hybridized carbons (Fsp3) is 0.727. The first-order valence-corrected chi connectivity index (χ1v) is 30.4. The standard InChI is InChI=1S/C66H112N2.Ni/c1-4-7-10-12-14-16-18-20-22-24-26-28-30-32-34-36-38-40-42-44-46-48-50-62-53-57-64(58-54-62)67-61-66(52-9-6-3)68-65-59-55-63(56-60-65)51-49-47-45-43-41-39-37-35-33-31-29-27-25-23-21-19-17-15-13-11-8-5-2;/h48-51,53-61H,4-47,52H2,1-3H3;. The van der Waals surface area contributed by atoms with Gasteiger partial charge in [-0.3, -0.25) is 9.98 Å². The van der Waals surface area contributed by atoms with Gasteiger partial charge in [0.1, 0.15) is 0 Å². The minimum absolute atomic E-state index is 0. The number of nitrogens with zero attached hydrogens (tertiary/aromatic N) is 2. The molecule has 0 saturated heterocycles. The molecule has 0 aliphatic rings. The van der Waals surface area contributed by atoms with E-state index >= 15 is 0 Å². The van der Waals surface area contributed by atoms with Gasteiger partial charge in [-0.2, -0.15) is 0 Å². The summed E-state index contributed by atoms with van der Waals surface area (Å²) in [6, 6.07) is 17.4. The number of unbranched alkanes of at least 4 members (excludes halogenated alkanes) is 41. The van der Waals surface area contributed by atoms with Gasteiger partial charge in [-0.15, -0.1) is 0 Å². The van der Waals surface area contributed by atoms with Gasteiger partial charge < -0.3 is 0 Å². The molecular weight excluding hydrogens is 879 g/mol. The normalized spacial score (nSPS) is 12.1. The van der Waals surface area contributed by atoms with Crippen molar-refractivity contribution in [2.24, 2.45) is 9.98 Å². The Kier molecular flexibility index (Phi) is 48.9. The molecule has 0 N–H and O–H groups in total. The third-order valence-electron chi connectivity index (χ3n) is 14.3. The number of allylic oxidation sites excluding steroid dienone is 2. The van der Waals surface area contributed by atoms with Crippen LogP contribution in [0.3, 0.4) is 0 Å². The van der Waals surface area contributed by atoms with Crippen LogP contribution >= 0.6 is 0 Å². The first-order chi connectivity index (χ1) is 33.7. The van der Waals surface area contributed by atoms with Gasteiger partial charge in [-0.05, 0) is 73.9 Å². The van der Waals surface area contributed by atoms with Crippen molar-refractivity contribution >= 4 is 35.5 Å². The molecule has 0 saturated carbocycles. The van der Waals surface area contributed by atoms with E-state index in [2.05, 4.69) is 93.6 Å². The number of rotatable bonds is 50. The van der Waals surface area contributed by atoms with Gasteiger partial charge in [0.15, 0.2) is 0 Å². The van der Waals surface area contributed by atoms with Crippen LogP contribution in [0.2, 0.25) is 0 Å². The molecule has 396 valence electrons. The van der Waals surface area contributed by atoms with Crippen molar-refractivity contribution in [2.75, 3.05) is 0 Å². The molecule has 0 heterocycles. The van der Waals surface area contributed by atoms with Gasteiger partial charge in [0.2, 0.25) is 0 Å². The van der Waals surface area contributed by atoms with Gasteiger partial charge in [0.05, 0.1) is 17.1 Å². The molecule has 0 radical (unpaired) electrons. The monoisotopic (exact) mass is 991 g/mol. The third kappa shape index (κ3) is 43.1. The molecule has 0 aliphatic heterocycles. The maximum absolute atomic E-state index is 5.01. The predicted octanol–water partition coefficient (Wildman–Crippen LogP) is 23.8. The molecule has 3 heteroatoms. The Hall–Kier alpha value is -2.25. The van der Waals surface area contributed by atoms with E-state index < -0.39 is 0 Å². The van der Waals surface area contributed by atoms with Crippen molar-refractivity contribution in [1.29, 1.82) is 0 Å². The van der Waals surface area contributed by atoms with E-state index in [4.69, 9.17) is 9.98 Å². The second-order valence-electron chi connectivity index (χ2n) is 21.0. The summed E-state index contributed by atoms with van der Waals surface area (Å²) in [6.07, 6.45) is 74.2. The van der Waals surface area contributed by atoms with Crippen LogP contribution in [0.25, 0.3) is 12.2 Å². The van der Waals surface area contributed by atoms with Crippen LogP contribution in [0.15, 0.2) is 70.7 Å². The van der Waals surface area contributed by atoms with Crippen molar-refractivity contribution in [3.63, 3.8) is 0 Å². The Balaban J connectivity index is 0.0000238. The van der Waals surface area contributed by atoms with E-state index in [-0.39, 0.29) is 16.5 Å². The molecule has 2 rings (SSSR count). The van der Waals surface area contributed by atoms with Crippen LogP contribution in [-0.2, 0) is 16.5 Å². The summed E-state index contributed by atoms with van der Waals surface area (Å²) in [6.45, 7) is 6.85. The Morgan fingerprint density at radius 1 is 0.319 bits per heavy atom. The largest absolute Gasteiger partial charge is 0.255 e. The zero-order valence-electron chi connectivity index (χ0n) is 46.0. The number of aliphatic imine (C=N–C) groups is 2. The van der Waals surface area contributed by atoms with Crippen LogP contribution in [0, 0.1) is 0 Å². The predicted molar refractivity (Wildman–Crippen MR) is 311 cm³/mol. The molecule has 0 fully saturated rings. The molecule has 0 unspecified atom stereocenters. The molecule has 2 aromatic rings. The molecule has 2 nitrogen and oxygen atoms in total. The van der Waals surface area contributed by atoms with Gasteiger partial charge >= 0.3 is 0 Å². The van der Waals surface area contributed by atoms with E-state index in [1.165, 1.54) is 281 Å². The van der Waals surface area contributed by atoms with Gasteiger partial charge in [0.25, 0.3) is 0 Å². The number of hydrogen-bond donors (Lipinski definition) is 0. The van der Waals surface area contributed by atoms with E-state index in [0.717, 1.165) is 36.3 Å². The van der Waals surface area contributed by atoms with E-state index in [9.17, 15) is 0 Å². The molecule has 0 spiro atoms. The fourth-order valence-corrected chi connectivity index (χ4v) is 9.63. The molecule has 0 bridgehead atoms. The summed E-state index contributed by atoms with van der Waals surface area (Å²) in [4.78, 5) is 9.85. The third-order valence-corrected chi connectivity index (χ3v) is 14.3. The first kappa shape index (κ1) is 64.8. The van der Waals surface area contributed by atoms with Crippen LogP contribution in [0.1, 0.15) is 321 Å². The molecule has 2 aromatic carbocycles. The SMILES string of the molecule is CCCCCCCCCCCCCCCCCCCCCCC=Cc1ccc(N=CC(CCCC)=Nc2ccc(C=CCCCCCCCCCCCCCCCCCCCCCC)cc2)cc1.[Ni]. The average molecular weight is 992 g/mol. The molecule has 0 aromatic heterocycles. The van der Waals surface area contributed by atoms with Crippen LogP contribution in [-0.4, -0.2) is 11.9 Å².